The summed E-state index contributed by atoms with van der Waals surface area (Å²) in [6.07, 6.45) is -4.72. The molecule has 9 nitrogen and oxygen atoms in total. The molecule has 2 heterocycles. The molecule has 2 saturated heterocycles. The van der Waals surface area contributed by atoms with Gasteiger partial charge in [-0.1, -0.05) is 12.1 Å². The third-order valence-corrected chi connectivity index (χ3v) is 4.27. The topological polar surface area (TPSA) is 124 Å². The van der Waals surface area contributed by atoms with Gasteiger partial charge in [0.05, 0.1) is 13.7 Å². The van der Waals surface area contributed by atoms with E-state index in [1.807, 2.05) is 0 Å². The van der Waals surface area contributed by atoms with Gasteiger partial charge in [0, 0.05) is 5.56 Å². The average Bonchev–Trinajstić information content (AvgIpc) is 2.86. The Hall–Kier alpha value is -1.75. The van der Waals surface area contributed by atoms with Crippen LogP contribution in [0, 0.1) is 0 Å². The number of carboxylic acid groups (broad SMARTS) is 1. The fourth-order valence-corrected chi connectivity index (χ4v) is 3.06. The minimum atomic E-state index is -2.66. The van der Waals surface area contributed by atoms with Gasteiger partial charge in [0.15, 0.2) is 18.2 Å². The summed E-state index contributed by atoms with van der Waals surface area (Å²) in [5.41, 5.74) is 0.639. The predicted octanol–water partition coefficient (Wildman–Crippen LogP) is 0.395. The molecule has 1 aromatic carbocycles. The number of hydrogen-bond acceptors (Lipinski definition) is 8. The molecule has 9 heteroatoms. The van der Waals surface area contributed by atoms with Crippen LogP contribution in [0.5, 0.6) is 5.75 Å². The van der Waals surface area contributed by atoms with Crippen LogP contribution < -0.4 is 4.74 Å². The fraction of sp³-hybridized carbons (Fsp3) is 0.588. The summed E-state index contributed by atoms with van der Waals surface area (Å²) in [4.78, 5) is 11.6. The van der Waals surface area contributed by atoms with Crippen LogP contribution in [0.25, 0.3) is 0 Å². The Labute approximate surface area is 150 Å². The second-order valence-electron chi connectivity index (χ2n) is 6.65. The van der Waals surface area contributed by atoms with Crippen molar-refractivity contribution in [2.24, 2.45) is 0 Å². The molecule has 3 N–H and O–H groups in total. The zero-order chi connectivity index (χ0) is 19.1. The molecule has 0 bridgehead atoms. The van der Waals surface area contributed by atoms with E-state index in [1.54, 1.807) is 31.4 Å². The van der Waals surface area contributed by atoms with Crippen LogP contribution >= 0.6 is 0 Å². The number of rotatable bonds is 4. The zero-order valence-corrected chi connectivity index (χ0v) is 14.6. The molecule has 5 atom stereocenters. The largest absolute Gasteiger partial charge is 0.497 e. The van der Waals surface area contributed by atoms with Crippen LogP contribution in [0.4, 0.5) is 0 Å². The first-order valence-electron chi connectivity index (χ1n) is 8.09. The fourth-order valence-electron chi connectivity index (χ4n) is 3.06. The van der Waals surface area contributed by atoms with Crippen molar-refractivity contribution in [1.29, 1.82) is 0 Å². The van der Waals surface area contributed by atoms with Gasteiger partial charge in [-0.15, -0.1) is 0 Å². The lowest BCUT2D eigenvalue weighted by molar-refractivity contribution is -0.294. The lowest BCUT2D eigenvalue weighted by Crippen LogP contribution is -2.58. The SMILES string of the molecule is COc1ccc(C2OC[C@H](O)[C@H]([C@@H]3OC(C)(C)O[C@]3(O)C(=O)O)O2)cc1. The van der Waals surface area contributed by atoms with E-state index in [1.165, 1.54) is 13.8 Å². The Morgan fingerprint density at radius 3 is 2.50 bits per heavy atom. The van der Waals surface area contributed by atoms with Crippen molar-refractivity contribution < 1.29 is 43.8 Å². The van der Waals surface area contributed by atoms with Gasteiger partial charge in [0.1, 0.15) is 18.0 Å². The van der Waals surface area contributed by atoms with Crippen LogP contribution in [-0.2, 0) is 23.7 Å². The summed E-state index contributed by atoms with van der Waals surface area (Å²) < 4.78 is 27.0. The minimum absolute atomic E-state index is 0.128. The zero-order valence-electron chi connectivity index (χ0n) is 14.6. The first-order chi connectivity index (χ1) is 12.2. The molecule has 26 heavy (non-hydrogen) atoms. The van der Waals surface area contributed by atoms with Gasteiger partial charge in [-0.2, -0.15) is 0 Å². The maximum atomic E-state index is 11.6. The molecule has 0 saturated carbocycles. The molecule has 2 fully saturated rings. The quantitative estimate of drug-likeness (QED) is 0.690. The maximum absolute atomic E-state index is 11.6. The molecule has 0 aromatic heterocycles. The highest BCUT2D eigenvalue weighted by molar-refractivity contribution is 5.76. The molecule has 144 valence electrons. The molecule has 2 aliphatic rings. The third-order valence-electron chi connectivity index (χ3n) is 4.27. The van der Waals surface area contributed by atoms with Gasteiger partial charge in [-0.3, -0.25) is 0 Å². The van der Waals surface area contributed by atoms with Crippen molar-refractivity contribution in [2.45, 2.75) is 50.0 Å². The molecular weight excluding hydrogens is 348 g/mol. The number of hydrogen-bond donors (Lipinski definition) is 3. The summed E-state index contributed by atoms with van der Waals surface area (Å²) in [7, 11) is 1.54. The summed E-state index contributed by atoms with van der Waals surface area (Å²) in [6, 6.07) is 6.87. The van der Waals surface area contributed by atoms with E-state index in [-0.39, 0.29) is 6.61 Å². The highest BCUT2D eigenvalue weighted by atomic mass is 16.8. The van der Waals surface area contributed by atoms with Crippen molar-refractivity contribution in [3.63, 3.8) is 0 Å². The molecule has 3 rings (SSSR count). The molecule has 0 aliphatic carbocycles. The Morgan fingerprint density at radius 1 is 1.27 bits per heavy atom. The smallest absolute Gasteiger partial charge is 0.367 e. The molecule has 0 spiro atoms. The maximum Gasteiger partial charge on any atom is 0.367 e. The standard InChI is InChI=1S/C17H22O9/c1-16(2)25-13(17(21,26-16)15(19)20)12-11(18)8-23-14(24-12)9-4-6-10(22-3)7-5-9/h4-7,11-14,18,21H,8H2,1-3H3,(H,19,20)/t11-,12+,13-,14?,17-/m0/s1. The van der Waals surface area contributed by atoms with E-state index in [9.17, 15) is 20.1 Å². The Kier molecular flexibility index (Phi) is 4.95. The lowest BCUT2D eigenvalue weighted by atomic mass is 9.99. The first kappa shape index (κ1) is 19.0. The highest BCUT2D eigenvalue weighted by Gasteiger charge is 2.63. The number of aliphatic hydroxyl groups is 2. The van der Waals surface area contributed by atoms with Crippen molar-refractivity contribution in [3.8, 4) is 5.75 Å². The number of aliphatic carboxylic acids is 1. The van der Waals surface area contributed by atoms with Crippen LogP contribution in [0.3, 0.4) is 0 Å². The third kappa shape index (κ3) is 3.41. The van der Waals surface area contributed by atoms with E-state index in [0.29, 0.717) is 11.3 Å². The summed E-state index contributed by atoms with van der Waals surface area (Å²) in [5.74, 6) is -5.00. The average molecular weight is 370 g/mol. The first-order valence-corrected chi connectivity index (χ1v) is 8.09. The van der Waals surface area contributed by atoms with Crippen molar-refractivity contribution in [1.82, 2.24) is 0 Å². The van der Waals surface area contributed by atoms with Gasteiger partial charge in [0.2, 0.25) is 0 Å². The van der Waals surface area contributed by atoms with Crippen LogP contribution in [-0.4, -0.2) is 64.9 Å². The molecular formula is C17H22O9. The van der Waals surface area contributed by atoms with Gasteiger partial charge in [-0.05, 0) is 26.0 Å². The number of carboxylic acids is 1. The molecule has 0 radical (unpaired) electrons. The number of benzene rings is 1. The number of ether oxygens (including phenoxy) is 5. The van der Waals surface area contributed by atoms with E-state index >= 15 is 0 Å². The van der Waals surface area contributed by atoms with Gasteiger partial charge < -0.3 is 39.0 Å². The van der Waals surface area contributed by atoms with E-state index in [0.717, 1.165) is 0 Å². The summed E-state index contributed by atoms with van der Waals surface area (Å²) in [6.45, 7) is 2.80. The van der Waals surface area contributed by atoms with Gasteiger partial charge >= 0.3 is 5.97 Å². The number of carbonyl (C=O) groups is 1. The second-order valence-corrected chi connectivity index (χ2v) is 6.65. The monoisotopic (exact) mass is 370 g/mol. The molecule has 1 aromatic rings. The van der Waals surface area contributed by atoms with Crippen molar-refractivity contribution >= 4 is 5.97 Å². The van der Waals surface area contributed by atoms with Crippen LogP contribution in [0.2, 0.25) is 0 Å². The van der Waals surface area contributed by atoms with Gasteiger partial charge in [0.25, 0.3) is 5.79 Å². The normalized spacial score (nSPS) is 36.7. The predicted molar refractivity (Wildman–Crippen MR) is 85.2 cm³/mol. The van der Waals surface area contributed by atoms with E-state index in [4.69, 9.17) is 23.7 Å². The molecule has 1 unspecified atom stereocenters. The van der Waals surface area contributed by atoms with Crippen molar-refractivity contribution in [2.75, 3.05) is 13.7 Å². The second kappa shape index (κ2) is 6.76. The lowest BCUT2D eigenvalue weighted by Gasteiger charge is -2.38. The van der Waals surface area contributed by atoms with E-state index < -0.39 is 42.1 Å². The van der Waals surface area contributed by atoms with E-state index in [2.05, 4.69) is 0 Å². The van der Waals surface area contributed by atoms with Gasteiger partial charge in [-0.25, -0.2) is 4.79 Å². The molecule has 2 aliphatic heterocycles. The van der Waals surface area contributed by atoms with Crippen LogP contribution in [0.1, 0.15) is 25.7 Å². The highest BCUT2D eigenvalue weighted by Crippen LogP contribution is 2.41. The Balaban J connectivity index is 1.84. The summed E-state index contributed by atoms with van der Waals surface area (Å²) >= 11 is 0. The number of methoxy groups -OCH3 is 1. The minimum Gasteiger partial charge on any atom is -0.497 e. The van der Waals surface area contributed by atoms with Crippen molar-refractivity contribution in [3.05, 3.63) is 29.8 Å². The Bertz CT molecular complexity index is 659. The summed E-state index contributed by atoms with van der Waals surface area (Å²) in [5, 5.41) is 30.1. The van der Waals surface area contributed by atoms with Crippen LogP contribution in [0.15, 0.2) is 24.3 Å². The number of aliphatic hydroxyl groups excluding tert-OH is 1. The molecule has 0 amide bonds. The Morgan fingerprint density at radius 2 is 1.92 bits per heavy atom.